The molecule has 8 heteroatoms. The smallest absolute Gasteiger partial charge is 0.268 e. The van der Waals surface area contributed by atoms with Crippen LogP contribution in [0.15, 0.2) is 35.7 Å². The number of nitriles is 1. The highest BCUT2D eigenvalue weighted by Gasteiger charge is 2.26. The summed E-state index contributed by atoms with van der Waals surface area (Å²) in [5.41, 5.74) is 4.27. The van der Waals surface area contributed by atoms with E-state index in [-0.39, 0.29) is 6.71 Å². The highest BCUT2D eigenvalue weighted by molar-refractivity contribution is 7.19. The van der Waals surface area contributed by atoms with Gasteiger partial charge in [0.05, 0.1) is 18.0 Å². The molecule has 2 aliphatic rings. The summed E-state index contributed by atoms with van der Waals surface area (Å²) in [6, 6.07) is 0.376. The lowest BCUT2D eigenvalue weighted by Gasteiger charge is -2.23. The molecule has 0 unspecified atom stereocenters. The number of nitrogens with zero attached hydrogens (tertiary/aromatic N) is 4. The maximum Gasteiger partial charge on any atom is 0.268 e. The molecule has 0 spiro atoms. The number of rotatable bonds is 3. The third-order valence-corrected chi connectivity index (χ3v) is 6.27. The third-order valence-electron chi connectivity index (χ3n) is 5.26. The molecule has 0 amide bonds. The zero-order chi connectivity index (χ0) is 19.0. The van der Waals surface area contributed by atoms with E-state index in [1.165, 1.54) is 0 Å². The van der Waals surface area contributed by atoms with Gasteiger partial charge >= 0.3 is 0 Å². The molecule has 1 aliphatic carbocycles. The van der Waals surface area contributed by atoms with Crippen molar-refractivity contribution in [3.05, 3.63) is 40.7 Å². The second-order valence-electron chi connectivity index (χ2n) is 7.14. The summed E-state index contributed by atoms with van der Waals surface area (Å²) in [7, 11) is 1.84. The normalized spacial score (nSPS) is 20.0. The van der Waals surface area contributed by atoms with Crippen molar-refractivity contribution in [2.75, 3.05) is 7.05 Å². The highest BCUT2D eigenvalue weighted by Crippen LogP contribution is 2.34. The van der Waals surface area contributed by atoms with Gasteiger partial charge in [0.25, 0.3) is 6.71 Å². The van der Waals surface area contributed by atoms with Gasteiger partial charge in [0.15, 0.2) is 4.83 Å². The number of thiazole rings is 1. The molecule has 3 heterocycles. The minimum Gasteiger partial charge on any atom is -0.393 e. The van der Waals surface area contributed by atoms with E-state index in [0.29, 0.717) is 11.8 Å². The summed E-state index contributed by atoms with van der Waals surface area (Å²) < 4.78 is 2.05. The lowest BCUT2D eigenvalue weighted by molar-refractivity contribution is 0.418. The van der Waals surface area contributed by atoms with Crippen molar-refractivity contribution in [1.82, 2.24) is 20.1 Å². The van der Waals surface area contributed by atoms with Gasteiger partial charge in [-0.05, 0) is 37.5 Å². The van der Waals surface area contributed by atoms with E-state index in [9.17, 15) is 0 Å². The fourth-order valence-corrected chi connectivity index (χ4v) is 4.63. The number of allylic oxidation sites excluding steroid dienone is 5. The second-order valence-corrected chi connectivity index (χ2v) is 8.12. The molecule has 0 saturated carbocycles. The number of hydrogen-bond acceptors (Lipinski definition) is 6. The van der Waals surface area contributed by atoms with Crippen LogP contribution < -0.4 is 5.32 Å². The van der Waals surface area contributed by atoms with Gasteiger partial charge in [-0.25, -0.2) is 10.2 Å². The van der Waals surface area contributed by atoms with Crippen LogP contribution in [0.2, 0.25) is 12.6 Å². The van der Waals surface area contributed by atoms with Crippen LogP contribution in [-0.4, -0.2) is 34.2 Å². The van der Waals surface area contributed by atoms with E-state index in [1.54, 1.807) is 11.3 Å². The zero-order valence-corrected chi connectivity index (χ0v) is 16.3. The maximum absolute atomic E-state index is 9.06. The predicted octanol–water partition coefficient (Wildman–Crippen LogP) is 3.85. The first-order chi connectivity index (χ1) is 13.1. The lowest BCUT2D eigenvalue weighted by Crippen LogP contribution is -2.22. The molecule has 1 fully saturated rings. The Morgan fingerprint density at radius 1 is 1.41 bits per heavy atom. The Hall–Kier alpha value is -2.66. The van der Waals surface area contributed by atoms with Crippen molar-refractivity contribution in [2.45, 2.75) is 38.4 Å². The minimum atomic E-state index is 0.203. The molecule has 0 atom stereocenters. The van der Waals surface area contributed by atoms with Crippen LogP contribution in [0.4, 0.5) is 0 Å². The van der Waals surface area contributed by atoms with Crippen molar-refractivity contribution in [2.24, 2.45) is 0 Å². The number of aromatic nitrogens is 3. The number of hydrogen-bond donors (Lipinski definition) is 2. The molecule has 6 nitrogen and oxygen atoms in total. The monoisotopic (exact) mass is 376 g/mol. The van der Waals surface area contributed by atoms with Crippen molar-refractivity contribution in [3.8, 4) is 5.97 Å². The SMILES string of the molecule is CN/C=C1/C=C(c2nc3cn(C4CCB(C#N)CC4)nc3s2)C=C(C)C1=N. The van der Waals surface area contributed by atoms with Gasteiger partial charge in [-0.2, -0.15) is 5.10 Å². The molecule has 27 heavy (non-hydrogen) atoms. The molecule has 2 aromatic heterocycles. The van der Waals surface area contributed by atoms with Crippen LogP contribution in [-0.2, 0) is 0 Å². The fourth-order valence-electron chi connectivity index (χ4n) is 3.73. The van der Waals surface area contributed by atoms with Gasteiger partial charge in [-0.1, -0.05) is 24.0 Å². The van der Waals surface area contributed by atoms with E-state index < -0.39 is 0 Å². The van der Waals surface area contributed by atoms with E-state index >= 15 is 0 Å². The Bertz CT molecular complexity index is 995. The van der Waals surface area contributed by atoms with Crippen molar-refractivity contribution < 1.29 is 0 Å². The van der Waals surface area contributed by atoms with E-state index in [2.05, 4.69) is 11.3 Å². The molecule has 2 N–H and O–H groups in total. The first kappa shape index (κ1) is 17.7. The Morgan fingerprint density at radius 2 is 2.19 bits per heavy atom. The quantitative estimate of drug-likeness (QED) is 0.796. The maximum atomic E-state index is 9.06. The number of fused-ring (bicyclic) bond motifs is 1. The molecular formula is C19H21BN6S. The van der Waals surface area contributed by atoms with Gasteiger partial charge < -0.3 is 5.32 Å². The summed E-state index contributed by atoms with van der Waals surface area (Å²) >= 11 is 1.59. The summed E-state index contributed by atoms with van der Waals surface area (Å²) in [6.07, 6.45) is 11.8. The van der Waals surface area contributed by atoms with Crippen LogP contribution in [0.25, 0.3) is 15.9 Å². The lowest BCUT2D eigenvalue weighted by atomic mass is 9.42. The molecule has 1 saturated heterocycles. The van der Waals surface area contributed by atoms with Crippen LogP contribution in [0, 0.1) is 16.6 Å². The standard InChI is InChI=1S/C19H21BN6S/c1-12-7-13(8-14(9-23-2)17(12)22)18-24-16-10-26(25-19(16)27-18)15-3-5-20(11-21)6-4-15/h7-10,15,22-23H,3-6H2,1-2H3/b14-9-,22-17?. The van der Waals surface area contributed by atoms with Gasteiger partial charge in [0.1, 0.15) is 10.5 Å². The van der Waals surface area contributed by atoms with Crippen LogP contribution >= 0.6 is 11.3 Å². The summed E-state index contributed by atoms with van der Waals surface area (Å²) in [5.74, 6) is 2.38. The molecule has 1 aliphatic heterocycles. The van der Waals surface area contributed by atoms with Crippen molar-refractivity contribution in [1.29, 1.82) is 10.7 Å². The van der Waals surface area contributed by atoms with Crippen molar-refractivity contribution >= 4 is 39.7 Å². The van der Waals surface area contributed by atoms with Gasteiger partial charge in [-0.3, -0.25) is 10.1 Å². The molecular weight excluding hydrogens is 355 g/mol. The summed E-state index contributed by atoms with van der Waals surface area (Å²) in [4.78, 5) is 5.73. The second kappa shape index (κ2) is 7.16. The molecule has 0 radical (unpaired) electrons. The Kier molecular flexibility index (Phi) is 4.71. The fraction of sp³-hybridized carbons (Fsp3) is 0.368. The Morgan fingerprint density at radius 3 is 2.85 bits per heavy atom. The highest BCUT2D eigenvalue weighted by atomic mass is 32.1. The average Bonchev–Trinajstić information content (AvgIpc) is 3.25. The first-order valence-corrected chi connectivity index (χ1v) is 10.0. The minimum absolute atomic E-state index is 0.203. The topological polar surface area (TPSA) is 90.4 Å². The predicted molar refractivity (Wildman–Crippen MR) is 111 cm³/mol. The molecule has 4 rings (SSSR count). The summed E-state index contributed by atoms with van der Waals surface area (Å²) in [5, 5.41) is 25.9. The van der Waals surface area contributed by atoms with Gasteiger partial charge in [0.2, 0.25) is 0 Å². The largest absolute Gasteiger partial charge is 0.393 e. The third kappa shape index (κ3) is 3.35. The van der Waals surface area contributed by atoms with Gasteiger partial charge in [0, 0.05) is 30.4 Å². The van der Waals surface area contributed by atoms with E-state index in [1.807, 2.05) is 43.2 Å². The first-order valence-electron chi connectivity index (χ1n) is 9.21. The summed E-state index contributed by atoms with van der Waals surface area (Å²) in [6.45, 7) is 2.16. The van der Waals surface area contributed by atoms with Crippen LogP contribution in [0.1, 0.15) is 30.8 Å². The Labute approximate surface area is 162 Å². The zero-order valence-electron chi connectivity index (χ0n) is 15.5. The molecule has 0 aromatic carbocycles. The van der Waals surface area contributed by atoms with E-state index in [0.717, 1.165) is 57.6 Å². The van der Waals surface area contributed by atoms with Crippen molar-refractivity contribution in [3.63, 3.8) is 0 Å². The molecule has 0 bridgehead atoms. The average molecular weight is 376 g/mol. The molecule has 136 valence electrons. The van der Waals surface area contributed by atoms with E-state index in [4.69, 9.17) is 20.8 Å². The Balaban J connectivity index is 1.60. The van der Waals surface area contributed by atoms with Crippen LogP contribution in [0.5, 0.6) is 0 Å². The van der Waals surface area contributed by atoms with Gasteiger partial charge in [-0.15, -0.1) is 0 Å². The number of nitrogens with one attached hydrogen (secondary N) is 2. The van der Waals surface area contributed by atoms with Crippen LogP contribution in [0.3, 0.4) is 0 Å². The molecule has 2 aromatic rings.